The van der Waals surface area contributed by atoms with Gasteiger partial charge in [0.15, 0.2) is 0 Å². The van der Waals surface area contributed by atoms with Crippen LogP contribution in [-0.4, -0.2) is 38.6 Å². The molecule has 0 rings (SSSR count). The Balaban J connectivity index is 2.86. The second-order valence-electron chi connectivity index (χ2n) is 1.94. The van der Waals surface area contributed by atoms with E-state index in [1.54, 1.807) is 0 Å². The number of hydrogen-bond donors (Lipinski definition) is 0. The van der Waals surface area contributed by atoms with Gasteiger partial charge in [0.2, 0.25) is 0 Å². The van der Waals surface area contributed by atoms with Crippen LogP contribution in [0.15, 0.2) is 0 Å². The quantitative estimate of drug-likeness (QED) is 0.533. The Morgan fingerprint density at radius 3 is 2.50 bits per heavy atom. The lowest BCUT2D eigenvalue weighted by Crippen LogP contribution is -2.20. The summed E-state index contributed by atoms with van der Waals surface area (Å²) < 4.78 is 0. The molecule has 0 aliphatic rings. The molecular formula is C6H15N2-. The Hall–Kier alpha value is -0.0800. The topological polar surface area (TPSA) is 17.3 Å². The maximum Gasteiger partial charge on any atom is -0.00510 e. The molecular weight excluding hydrogens is 100 g/mol. The van der Waals surface area contributed by atoms with Crippen molar-refractivity contribution in [3.8, 4) is 0 Å². The van der Waals surface area contributed by atoms with E-state index in [9.17, 15) is 0 Å². The SMILES string of the molecule is CCN(C)CC[N-]C. The van der Waals surface area contributed by atoms with Gasteiger partial charge in [-0.25, -0.2) is 0 Å². The van der Waals surface area contributed by atoms with E-state index >= 15 is 0 Å². The van der Waals surface area contributed by atoms with Gasteiger partial charge in [-0.05, 0) is 20.1 Å². The van der Waals surface area contributed by atoms with Gasteiger partial charge in [0.05, 0.1) is 0 Å². The molecule has 0 saturated carbocycles. The first-order valence-corrected chi connectivity index (χ1v) is 3.05. The molecule has 0 aliphatic carbocycles. The van der Waals surface area contributed by atoms with Gasteiger partial charge in [0.1, 0.15) is 0 Å². The fourth-order valence-electron chi connectivity index (χ4n) is 0.429. The van der Waals surface area contributed by atoms with Crippen molar-refractivity contribution in [1.82, 2.24) is 4.90 Å². The molecule has 0 radical (unpaired) electrons. The van der Waals surface area contributed by atoms with Crippen molar-refractivity contribution in [2.45, 2.75) is 6.92 Å². The average molecular weight is 115 g/mol. The Labute approximate surface area is 51.9 Å². The second-order valence-corrected chi connectivity index (χ2v) is 1.94. The van der Waals surface area contributed by atoms with Crippen LogP contribution in [0, 0.1) is 0 Å². The van der Waals surface area contributed by atoms with Gasteiger partial charge in [-0.15, -0.1) is 6.54 Å². The van der Waals surface area contributed by atoms with Crippen molar-refractivity contribution >= 4 is 0 Å². The molecule has 0 spiro atoms. The van der Waals surface area contributed by atoms with E-state index in [4.69, 9.17) is 0 Å². The molecule has 0 aromatic carbocycles. The zero-order chi connectivity index (χ0) is 6.41. The van der Waals surface area contributed by atoms with E-state index in [1.807, 2.05) is 7.05 Å². The lowest BCUT2D eigenvalue weighted by atomic mass is 10.5. The third kappa shape index (κ3) is 4.09. The molecule has 0 aromatic heterocycles. The molecule has 0 aliphatic heterocycles. The van der Waals surface area contributed by atoms with Gasteiger partial charge in [-0.3, -0.25) is 0 Å². The molecule has 0 unspecified atom stereocenters. The number of hydrogen-bond acceptors (Lipinski definition) is 1. The number of likely N-dealkylation sites (N-methyl/N-ethyl adjacent to an activating group) is 2. The average Bonchev–Trinajstić information content (AvgIpc) is 1.83. The zero-order valence-corrected chi connectivity index (χ0v) is 6.02. The molecule has 2 heteroatoms. The molecule has 0 heterocycles. The summed E-state index contributed by atoms with van der Waals surface area (Å²) in [5.74, 6) is 0. The molecule has 0 bridgehead atoms. The smallest absolute Gasteiger partial charge is 0.00510 e. The fraction of sp³-hybridized carbons (Fsp3) is 1.00. The third-order valence-electron chi connectivity index (χ3n) is 1.25. The largest absolute Gasteiger partial charge is 0.664 e. The van der Waals surface area contributed by atoms with Crippen molar-refractivity contribution in [1.29, 1.82) is 0 Å². The highest BCUT2D eigenvalue weighted by molar-refractivity contribution is 4.70. The van der Waals surface area contributed by atoms with Crippen LogP contribution in [0.4, 0.5) is 0 Å². The van der Waals surface area contributed by atoms with Crippen LogP contribution in [0.25, 0.3) is 5.32 Å². The molecule has 0 fully saturated rings. The lowest BCUT2D eigenvalue weighted by Gasteiger charge is -2.18. The number of rotatable bonds is 4. The predicted molar refractivity (Wildman–Crippen MR) is 37.3 cm³/mol. The van der Waals surface area contributed by atoms with Crippen LogP contribution in [0.1, 0.15) is 6.92 Å². The van der Waals surface area contributed by atoms with Gasteiger partial charge in [-0.1, -0.05) is 6.92 Å². The van der Waals surface area contributed by atoms with Crippen molar-refractivity contribution in [2.24, 2.45) is 0 Å². The molecule has 8 heavy (non-hydrogen) atoms. The van der Waals surface area contributed by atoms with E-state index < -0.39 is 0 Å². The monoisotopic (exact) mass is 115 g/mol. The molecule has 0 atom stereocenters. The standard InChI is InChI=1S/C6H15N2/c1-4-8(3)6-5-7-2/h4-6H2,1-3H3/q-1. The summed E-state index contributed by atoms with van der Waals surface area (Å²) in [6.07, 6.45) is 0. The summed E-state index contributed by atoms with van der Waals surface area (Å²) >= 11 is 0. The summed E-state index contributed by atoms with van der Waals surface area (Å²) in [6.45, 7) is 5.32. The van der Waals surface area contributed by atoms with Crippen LogP contribution in [0.2, 0.25) is 0 Å². The maximum atomic E-state index is 3.98. The Morgan fingerprint density at radius 1 is 1.50 bits per heavy atom. The normalized spacial score (nSPS) is 10.5. The molecule has 50 valence electrons. The first-order chi connectivity index (χ1) is 3.81. The first-order valence-electron chi connectivity index (χ1n) is 3.05. The maximum absolute atomic E-state index is 3.98. The Bertz CT molecular complexity index is 45.8. The van der Waals surface area contributed by atoms with Gasteiger partial charge in [0, 0.05) is 0 Å². The highest BCUT2D eigenvalue weighted by Gasteiger charge is 1.84. The summed E-state index contributed by atoms with van der Waals surface area (Å²) in [7, 11) is 3.95. The van der Waals surface area contributed by atoms with Crippen LogP contribution in [0.3, 0.4) is 0 Å². The van der Waals surface area contributed by atoms with Gasteiger partial charge in [0.25, 0.3) is 0 Å². The van der Waals surface area contributed by atoms with Crippen LogP contribution >= 0.6 is 0 Å². The van der Waals surface area contributed by atoms with Crippen LogP contribution in [0.5, 0.6) is 0 Å². The molecule has 0 amide bonds. The minimum atomic E-state index is 0.963. The first kappa shape index (κ1) is 7.92. The fourth-order valence-corrected chi connectivity index (χ4v) is 0.429. The van der Waals surface area contributed by atoms with E-state index in [0.29, 0.717) is 0 Å². The van der Waals surface area contributed by atoms with E-state index in [1.165, 1.54) is 0 Å². The zero-order valence-electron chi connectivity index (χ0n) is 6.02. The van der Waals surface area contributed by atoms with Gasteiger partial charge in [-0.2, -0.15) is 7.05 Å². The van der Waals surface area contributed by atoms with Crippen molar-refractivity contribution in [3.05, 3.63) is 5.32 Å². The summed E-state index contributed by atoms with van der Waals surface area (Å²) in [5, 5.41) is 3.98. The summed E-state index contributed by atoms with van der Waals surface area (Å²) in [6, 6.07) is 0. The van der Waals surface area contributed by atoms with Crippen LogP contribution in [-0.2, 0) is 0 Å². The summed E-state index contributed by atoms with van der Waals surface area (Å²) in [4.78, 5) is 2.24. The molecule has 2 nitrogen and oxygen atoms in total. The third-order valence-corrected chi connectivity index (χ3v) is 1.25. The lowest BCUT2D eigenvalue weighted by molar-refractivity contribution is 0.368. The highest BCUT2D eigenvalue weighted by Crippen LogP contribution is 1.82. The highest BCUT2D eigenvalue weighted by atomic mass is 15.1. The van der Waals surface area contributed by atoms with Crippen molar-refractivity contribution in [3.63, 3.8) is 0 Å². The van der Waals surface area contributed by atoms with E-state index in [2.05, 4.69) is 24.2 Å². The number of nitrogens with zero attached hydrogens (tertiary/aromatic N) is 2. The molecule has 0 aromatic rings. The van der Waals surface area contributed by atoms with Gasteiger partial charge >= 0.3 is 0 Å². The minimum absolute atomic E-state index is 0.963. The van der Waals surface area contributed by atoms with Crippen LogP contribution < -0.4 is 0 Å². The van der Waals surface area contributed by atoms with E-state index in [0.717, 1.165) is 19.6 Å². The molecule has 0 N–H and O–H groups in total. The second kappa shape index (κ2) is 5.06. The minimum Gasteiger partial charge on any atom is -0.664 e. The van der Waals surface area contributed by atoms with Crippen molar-refractivity contribution in [2.75, 3.05) is 33.7 Å². The summed E-state index contributed by atoms with van der Waals surface area (Å²) in [5.41, 5.74) is 0. The Kier molecular flexibility index (Phi) is 5.01. The predicted octanol–water partition coefficient (Wildman–Crippen LogP) is 0.942. The molecule has 0 saturated heterocycles. The Morgan fingerprint density at radius 2 is 2.12 bits per heavy atom. The van der Waals surface area contributed by atoms with Crippen molar-refractivity contribution < 1.29 is 0 Å². The van der Waals surface area contributed by atoms with E-state index in [-0.39, 0.29) is 0 Å². The van der Waals surface area contributed by atoms with Gasteiger partial charge < -0.3 is 10.2 Å².